The summed E-state index contributed by atoms with van der Waals surface area (Å²) in [4.78, 5) is 58.2. The predicted octanol–water partition coefficient (Wildman–Crippen LogP) is 3.20. The van der Waals surface area contributed by atoms with Crippen molar-refractivity contribution >= 4 is 53.0 Å². The third-order valence-electron chi connectivity index (χ3n) is 10.9. The smallest absolute Gasteiger partial charge is 0.236 e. The van der Waals surface area contributed by atoms with Gasteiger partial charge in [0.25, 0.3) is 0 Å². The summed E-state index contributed by atoms with van der Waals surface area (Å²) in [5.41, 5.74) is 2.42. The molecule has 0 aromatic heterocycles. The largest absolute Gasteiger partial charge is 0.365 e. The van der Waals surface area contributed by atoms with Gasteiger partial charge in [0.05, 0.1) is 48.1 Å². The van der Waals surface area contributed by atoms with Crippen molar-refractivity contribution in [2.24, 2.45) is 23.7 Å². The van der Waals surface area contributed by atoms with E-state index < -0.39 is 0 Å². The summed E-state index contributed by atoms with van der Waals surface area (Å²) < 4.78 is 11.4. The van der Waals surface area contributed by atoms with Gasteiger partial charge < -0.3 is 19.3 Å². The zero-order chi connectivity index (χ0) is 33.7. The quantitative estimate of drug-likeness (QED) is 0.269. The first-order chi connectivity index (χ1) is 23.1. The molecular weight excluding hydrogens is 724 g/mol. The summed E-state index contributed by atoms with van der Waals surface area (Å²) in [6, 6.07) is 20.6. The number of likely N-dealkylation sites (N-methyl/N-ethyl adjacent to an activating group) is 2. The number of carbonyl (C=O) groups excluding carboxylic acids is 4. The highest BCUT2D eigenvalue weighted by Gasteiger charge is 2.62. The maximum absolute atomic E-state index is 12.8. The highest BCUT2D eigenvalue weighted by molar-refractivity contribution is 8.93. The Morgan fingerprint density at radius 1 is 0.540 bits per heavy atom. The first kappa shape index (κ1) is 38.1. The van der Waals surface area contributed by atoms with Crippen LogP contribution in [-0.4, -0.2) is 121 Å². The fourth-order valence-corrected chi connectivity index (χ4v) is 8.11. The van der Waals surface area contributed by atoms with Crippen LogP contribution in [0.1, 0.15) is 11.1 Å². The van der Waals surface area contributed by atoms with Crippen molar-refractivity contribution in [2.45, 2.75) is 49.3 Å². The minimum absolute atomic E-state index is 0. The number of amides is 4. The van der Waals surface area contributed by atoms with Gasteiger partial charge in [-0.15, -0.1) is 29.4 Å². The Morgan fingerprint density at radius 2 is 0.820 bits per heavy atom. The molecule has 0 spiro atoms. The van der Waals surface area contributed by atoms with Crippen LogP contribution in [-0.2, 0) is 41.5 Å². The molecule has 8 rings (SSSR count). The maximum Gasteiger partial charge on any atom is 0.236 e. The van der Waals surface area contributed by atoms with Gasteiger partial charge in [0.1, 0.15) is 0 Å². The van der Waals surface area contributed by atoms with Gasteiger partial charge in [0.15, 0.2) is 0 Å². The molecule has 10 atom stereocenters. The topological polar surface area (TPSA) is 99.7 Å². The van der Waals surface area contributed by atoms with Crippen LogP contribution in [0.25, 0.3) is 0 Å². The highest BCUT2D eigenvalue weighted by atomic mass is 79.9. The molecule has 0 aliphatic carbocycles. The molecule has 4 saturated heterocycles. The second-order valence-electron chi connectivity index (χ2n) is 14.2. The van der Waals surface area contributed by atoms with Crippen LogP contribution in [0.5, 0.6) is 0 Å². The van der Waals surface area contributed by atoms with Crippen molar-refractivity contribution in [2.75, 3.05) is 41.3 Å². The van der Waals surface area contributed by atoms with E-state index in [9.17, 15) is 19.2 Å². The third kappa shape index (κ3) is 7.00. The number of carbonyl (C=O) groups is 4. The number of nitrogens with zero attached hydrogens (tertiary/aromatic N) is 4. The fraction of sp³-hybridized carbons (Fsp3) is 0.474. The molecule has 10 unspecified atom stereocenters. The molecule has 6 aliphatic heterocycles. The minimum atomic E-state index is -0.313. The summed E-state index contributed by atoms with van der Waals surface area (Å²) in [7, 11) is 7.98. The summed E-state index contributed by atoms with van der Waals surface area (Å²) in [5.74, 6) is -1.52. The zero-order valence-corrected chi connectivity index (χ0v) is 31.3. The van der Waals surface area contributed by atoms with Crippen molar-refractivity contribution in [3.8, 4) is 0 Å². The molecule has 0 N–H and O–H groups in total. The van der Waals surface area contributed by atoms with Crippen LogP contribution < -0.4 is 0 Å². The summed E-state index contributed by atoms with van der Waals surface area (Å²) >= 11 is 0. The maximum atomic E-state index is 12.8. The SMILES string of the molecule is Br.CN(C)C(Cc1ccccc1)CN1C(=O)C2C3C=CC(O3)C2C1=O.CN(C)C(Cc1ccccc1)CN1C(=O)C2C3C=CC(O3)C2C1=O.Cl. The number of hydrogen-bond donors (Lipinski definition) is 0. The standard InChI is InChI=1S/2C19H22N2O3.BrH.ClH/c2*1-20(2)13(10-12-6-4-3-5-7-12)11-21-18(22)16-14-8-9-15(24-14)17(16)19(21)23;;/h2*3-9,13-17H,10-11H2,1-2H3;2*1H. The third-order valence-corrected chi connectivity index (χ3v) is 10.9. The van der Waals surface area contributed by atoms with Gasteiger partial charge in [0.2, 0.25) is 23.6 Å². The lowest BCUT2D eigenvalue weighted by Gasteiger charge is -2.29. The molecule has 0 saturated carbocycles. The van der Waals surface area contributed by atoms with Gasteiger partial charge in [-0.3, -0.25) is 29.0 Å². The van der Waals surface area contributed by atoms with E-state index >= 15 is 0 Å². The molecule has 10 nitrogen and oxygen atoms in total. The molecule has 12 heteroatoms. The Balaban J connectivity index is 0.000000187. The van der Waals surface area contributed by atoms with Crippen LogP contribution in [0.15, 0.2) is 85.0 Å². The van der Waals surface area contributed by atoms with E-state index in [4.69, 9.17) is 9.47 Å². The first-order valence-corrected chi connectivity index (χ1v) is 16.9. The Kier molecular flexibility index (Phi) is 11.9. The molecular formula is C38H46BrClN4O6. The number of hydrogen-bond acceptors (Lipinski definition) is 8. The van der Waals surface area contributed by atoms with Crippen molar-refractivity contribution in [3.63, 3.8) is 0 Å². The monoisotopic (exact) mass is 768 g/mol. The van der Waals surface area contributed by atoms with E-state index in [2.05, 4.69) is 34.1 Å². The number of imide groups is 2. The van der Waals surface area contributed by atoms with E-state index in [1.807, 2.05) is 88.9 Å². The van der Waals surface area contributed by atoms with Gasteiger partial charge in [-0.05, 0) is 52.2 Å². The zero-order valence-electron chi connectivity index (χ0n) is 28.7. The Bertz CT molecular complexity index is 1440. The lowest BCUT2D eigenvalue weighted by atomic mass is 9.85. The number of rotatable bonds is 10. The second kappa shape index (κ2) is 15.6. The van der Waals surface area contributed by atoms with E-state index in [1.165, 1.54) is 20.9 Å². The average molecular weight is 770 g/mol. The van der Waals surface area contributed by atoms with Gasteiger partial charge in [0, 0.05) is 25.2 Å². The van der Waals surface area contributed by atoms with E-state index in [0.29, 0.717) is 13.1 Å². The van der Waals surface area contributed by atoms with Crippen molar-refractivity contribution < 1.29 is 28.7 Å². The van der Waals surface area contributed by atoms with Crippen LogP contribution in [0.4, 0.5) is 0 Å². The van der Waals surface area contributed by atoms with E-state index in [1.54, 1.807) is 0 Å². The average Bonchev–Trinajstić information content (AvgIpc) is 3.94. The van der Waals surface area contributed by atoms with Gasteiger partial charge in [-0.2, -0.15) is 0 Å². The molecule has 6 heterocycles. The molecule has 0 radical (unpaired) electrons. The molecule has 2 aromatic carbocycles. The lowest BCUT2D eigenvalue weighted by Crippen LogP contribution is -2.45. The van der Waals surface area contributed by atoms with Gasteiger partial charge in [-0.25, -0.2) is 0 Å². The number of likely N-dealkylation sites (tertiary alicyclic amines) is 2. The second-order valence-corrected chi connectivity index (χ2v) is 14.2. The Labute approximate surface area is 310 Å². The van der Waals surface area contributed by atoms with Crippen molar-refractivity contribution in [1.29, 1.82) is 0 Å². The Hall–Kier alpha value is -3.19. The fourth-order valence-electron chi connectivity index (χ4n) is 8.11. The number of ether oxygens (including phenoxy) is 2. The van der Waals surface area contributed by atoms with E-state index in [0.717, 1.165) is 12.8 Å². The van der Waals surface area contributed by atoms with Crippen molar-refractivity contribution in [1.82, 2.24) is 19.6 Å². The first-order valence-electron chi connectivity index (χ1n) is 16.9. The minimum Gasteiger partial charge on any atom is -0.365 e. The molecule has 6 aliphatic rings. The van der Waals surface area contributed by atoms with Crippen LogP contribution >= 0.6 is 29.4 Å². The highest BCUT2D eigenvalue weighted by Crippen LogP contribution is 2.46. The van der Waals surface area contributed by atoms with Gasteiger partial charge in [-0.1, -0.05) is 85.0 Å². The number of halogens is 2. The molecule has 268 valence electrons. The van der Waals surface area contributed by atoms with Gasteiger partial charge >= 0.3 is 0 Å². The molecule has 4 bridgehead atoms. The van der Waals surface area contributed by atoms with Crippen LogP contribution in [0.3, 0.4) is 0 Å². The summed E-state index contributed by atoms with van der Waals surface area (Å²) in [5, 5.41) is 0. The van der Waals surface area contributed by atoms with Crippen LogP contribution in [0, 0.1) is 23.7 Å². The summed E-state index contributed by atoms with van der Waals surface area (Å²) in [6.45, 7) is 0.873. The molecule has 4 fully saturated rings. The van der Waals surface area contributed by atoms with Crippen molar-refractivity contribution in [3.05, 3.63) is 96.1 Å². The Morgan fingerprint density at radius 3 is 1.08 bits per heavy atom. The number of benzene rings is 2. The number of fused-ring (bicyclic) bond motifs is 10. The van der Waals surface area contributed by atoms with Crippen LogP contribution in [0.2, 0.25) is 0 Å². The predicted molar refractivity (Wildman–Crippen MR) is 196 cm³/mol. The molecule has 2 aromatic rings. The van der Waals surface area contributed by atoms with E-state index in [-0.39, 0.29) is 113 Å². The lowest BCUT2D eigenvalue weighted by molar-refractivity contribution is -0.144. The molecule has 4 amide bonds. The normalized spacial score (nSPS) is 30.8. The summed E-state index contributed by atoms with van der Waals surface area (Å²) in [6.07, 6.45) is 8.45. The molecule has 50 heavy (non-hydrogen) atoms.